The third-order valence-corrected chi connectivity index (χ3v) is 4.67. The Morgan fingerprint density at radius 2 is 1.89 bits per heavy atom. The maximum atomic E-state index is 13.0. The van der Waals surface area contributed by atoms with Gasteiger partial charge in [0.05, 0.1) is 21.8 Å². The van der Waals surface area contributed by atoms with Crippen molar-refractivity contribution in [2.75, 3.05) is 0 Å². The van der Waals surface area contributed by atoms with Crippen LogP contribution in [-0.4, -0.2) is 20.7 Å². The van der Waals surface area contributed by atoms with E-state index in [9.17, 15) is 4.79 Å². The molecule has 0 radical (unpaired) electrons. The van der Waals surface area contributed by atoms with E-state index < -0.39 is 0 Å². The summed E-state index contributed by atoms with van der Waals surface area (Å²) in [4.78, 5) is 24.2. The summed E-state index contributed by atoms with van der Waals surface area (Å²) in [7, 11) is 0. The minimum Gasteiger partial charge on any atom is -0.456 e. The number of ether oxygens (including phenoxy) is 1. The van der Waals surface area contributed by atoms with Crippen LogP contribution in [-0.2, 0) is 0 Å². The van der Waals surface area contributed by atoms with Crippen molar-refractivity contribution < 1.29 is 9.53 Å². The molecule has 3 aromatic heterocycles. The zero-order chi connectivity index (χ0) is 19.0. The van der Waals surface area contributed by atoms with E-state index >= 15 is 0 Å². The van der Waals surface area contributed by atoms with E-state index in [4.69, 9.17) is 27.9 Å². The number of aromatic amines is 1. The average Bonchev–Trinajstić information content (AvgIpc) is 3.07. The number of hydrogen-bond donors (Lipinski definition) is 1. The predicted octanol–water partition coefficient (Wildman–Crippen LogP) is 5.60. The molecule has 1 aromatic carbocycles. The van der Waals surface area contributed by atoms with Crippen LogP contribution < -0.4 is 4.74 Å². The molecule has 0 spiro atoms. The van der Waals surface area contributed by atoms with Crippen LogP contribution in [0.25, 0.3) is 11.0 Å². The van der Waals surface area contributed by atoms with Gasteiger partial charge in [-0.25, -0.2) is 4.98 Å². The van der Waals surface area contributed by atoms with Gasteiger partial charge in [0.1, 0.15) is 17.1 Å². The number of ketones is 1. The second-order valence-electron chi connectivity index (χ2n) is 5.99. The van der Waals surface area contributed by atoms with Gasteiger partial charge >= 0.3 is 0 Å². The van der Waals surface area contributed by atoms with E-state index in [1.807, 2.05) is 13.0 Å². The highest BCUT2D eigenvalue weighted by Gasteiger charge is 2.19. The maximum Gasteiger partial charge on any atom is 0.196 e. The molecular formula is C20H13Cl2N3O2. The van der Waals surface area contributed by atoms with Crippen LogP contribution in [0.15, 0.2) is 55.1 Å². The Hall–Kier alpha value is -2.89. The van der Waals surface area contributed by atoms with Crippen LogP contribution >= 0.6 is 23.2 Å². The van der Waals surface area contributed by atoms with E-state index in [1.54, 1.807) is 49.1 Å². The van der Waals surface area contributed by atoms with Crippen molar-refractivity contribution in [3.05, 3.63) is 81.9 Å². The lowest BCUT2D eigenvalue weighted by atomic mass is 10.0. The molecule has 0 aliphatic carbocycles. The van der Waals surface area contributed by atoms with Gasteiger partial charge in [-0.2, -0.15) is 0 Å². The molecule has 3 heterocycles. The first-order valence-corrected chi connectivity index (χ1v) is 8.84. The molecule has 0 unspecified atom stereocenters. The highest BCUT2D eigenvalue weighted by Crippen LogP contribution is 2.31. The molecule has 0 saturated carbocycles. The van der Waals surface area contributed by atoms with Gasteiger partial charge in [0.25, 0.3) is 0 Å². The van der Waals surface area contributed by atoms with Crippen LogP contribution in [0.5, 0.6) is 11.5 Å². The van der Waals surface area contributed by atoms with E-state index in [-0.39, 0.29) is 10.8 Å². The van der Waals surface area contributed by atoms with E-state index in [1.165, 1.54) is 0 Å². The van der Waals surface area contributed by atoms with Crippen molar-refractivity contribution in [2.24, 2.45) is 0 Å². The van der Waals surface area contributed by atoms with Crippen LogP contribution in [0.2, 0.25) is 10.0 Å². The normalized spacial score (nSPS) is 10.9. The molecule has 7 heteroatoms. The van der Waals surface area contributed by atoms with Crippen LogP contribution in [0.1, 0.15) is 21.5 Å². The summed E-state index contributed by atoms with van der Waals surface area (Å²) in [6, 6.07) is 8.43. The number of benzene rings is 1. The minimum atomic E-state index is -0.245. The van der Waals surface area contributed by atoms with Crippen molar-refractivity contribution in [1.29, 1.82) is 0 Å². The number of H-pyrrole nitrogens is 1. The largest absolute Gasteiger partial charge is 0.456 e. The first-order chi connectivity index (χ1) is 13.0. The summed E-state index contributed by atoms with van der Waals surface area (Å²) >= 11 is 12.6. The molecule has 27 heavy (non-hydrogen) atoms. The summed E-state index contributed by atoms with van der Waals surface area (Å²) in [5, 5.41) is 1.31. The molecule has 4 rings (SSSR count). The van der Waals surface area contributed by atoms with Gasteiger partial charge in [0.2, 0.25) is 0 Å². The molecule has 0 atom stereocenters. The molecule has 134 valence electrons. The molecule has 0 saturated heterocycles. The SMILES string of the molecule is Cc1cncc(Oc2ccc(C(=O)c3c[nH]c4nccc(Cl)c34)c(Cl)c2)c1. The van der Waals surface area contributed by atoms with Gasteiger partial charge in [-0.05, 0) is 36.8 Å². The second-order valence-corrected chi connectivity index (χ2v) is 6.80. The van der Waals surface area contributed by atoms with Gasteiger partial charge < -0.3 is 9.72 Å². The minimum absolute atomic E-state index is 0.245. The summed E-state index contributed by atoms with van der Waals surface area (Å²) in [6.07, 6.45) is 6.52. The van der Waals surface area contributed by atoms with Crippen LogP contribution in [0.4, 0.5) is 0 Å². The Bertz CT molecular complexity index is 1170. The number of fused-ring (bicyclic) bond motifs is 1. The van der Waals surface area contributed by atoms with E-state index in [2.05, 4.69) is 15.0 Å². The Balaban J connectivity index is 1.67. The summed E-state index contributed by atoms with van der Waals surface area (Å²) in [5.74, 6) is 0.868. The fraction of sp³-hybridized carbons (Fsp3) is 0.0500. The first kappa shape index (κ1) is 17.5. The molecule has 1 N–H and O–H groups in total. The van der Waals surface area contributed by atoms with E-state index in [0.29, 0.717) is 38.7 Å². The lowest BCUT2D eigenvalue weighted by Crippen LogP contribution is -2.02. The number of nitrogens with one attached hydrogen (secondary N) is 1. The van der Waals surface area contributed by atoms with Crippen molar-refractivity contribution in [3.63, 3.8) is 0 Å². The van der Waals surface area contributed by atoms with Gasteiger partial charge in [-0.1, -0.05) is 23.2 Å². The molecule has 5 nitrogen and oxygen atoms in total. The molecule has 0 bridgehead atoms. The van der Waals surface area contributed by atoms with Gasteiger partial charge in [0.15, 0.2) is 5.78 Å². The first-order valence-electron chi connectivity index (χ1n) is 8.08. The monoisotopic (exact) mass is 397 g/mol. The summed E-state index contributed by atoms with van der Waals surface area (Å²) in [6.45, 7) is 1.93. The number of aryl methyl sites for hydroxylation is 1. The third kappa shape index (κ3) is 3.39. The maximum absolute atomic E-state index is 13.0. The Morgan fingerprint density at radius 1 is 1.04 bits per heavy atom. The quantitative estimate of drug-likeness (QED) is 0.455. The molecule has 0 amide bonds. The standard InChI is InChI=1S/C20H13Cl2N3O2/c1-11-6-13(9-23-8-11)27-12-2-3-14(17(22)7-12)19(26)15-10-25-20-18(15)16(21)4-5-24-20/h2-10H,1H3,(H,24,25). The average molecular weight is 398 g/mol. The molecule has 0 aliphatic rings. The molecule has 0 aliphatic heterocycles. The summed E-state index contributed by atoms with van der Waals surface area (Å²) < 4.78 is 5.76. The van der Waals surface area contributed by atoms with Crippen LogP contribution in [0.3, 0.4) is 0 Å². The lowest BCUT2D eigenvalue weighted by molar-refractivity contribution is 0.104. The fourth-order valence-corrected chi connectivity index (χ4v) is 3.31. The highest BCUT2D eigenvalue weighted by molar-refractivity contribution is 6.39. The second kappa shape index (κ2) is 7.02. The molecular weight excluding hydrogens is 385 g/mol. The van der Waals surface area contributed by atoms with Crippen molar-refractivity contribution >= 4 is 40.0 Å². The van der Waals surface area contributed by atoms with E-state index in [0.717, 1.165) is 5.56 Å². The number of carbonyl (C=O) groups excluding carboxylic acids is 1. The number of hydrogen-bond acceptors (Lipinski definition) is 4. The summed E-state index contributed by atoms with van der Waals surface area (Å²) in [5.41, 5.74) is 2.30. The Kier molecular flexibility index (Phi) is 4.56. The zero-order valence-corrected chi connectivity index (χ0v) is 15.7. The number of nitrogens with zero attached hydrogens (tertiary/aromatic N) is 2. The van der Waals surface area contributed by atoms with Crippen LogP contribution in [0, 0.1) is 6.92 Å². The Labute approximate surface area is 164 Å². The fourth-order valence-electron chi connectivity index (χ4n) is 2.80. The zero-order valence-electron chi connectivity index (χ0n) is 14.2. The van der Waals surface area contributed by atoms with Crippen molar-refractivity contribution in [3.8, 4) is 11.5 Å². The smallest absolute Gasteiger partial charge is 0.196 e. The van der Waals surface area contributed by atoms with Gasteiger partial charge in [-0.15, -0.1) is 0 Å². The predicted molar refractivity (Wildman–Crippen MR) is 105 cm³/mol. The number of aromatic nitrogens is 3. The number of carbonyl (C=O) groups is 1. The number of rotatable bonds is 4. The highest BCUT2D eigenvalue weighted by atomic mass is 35.5. The van der Waals surface area contributed by atoms with Crippen molar-refractivity contribution in [2.45, 2.75) is 6.92 Å². The molecule has 4 aromatic rings. The topological polar surface area (TPSA) is 67.9 Å². The van der Waals surface area contributed by atoms with Gasteiger partial charge in [-0.3, -0.25) is 9.78 Å². The number of halogens is 2. The van der Waals surface area contributed by atoms with Crippen molar-refractivity contribution in [1.82, 2.24) is 15.0 Å². The van der Waals surface area contributed by atoms with Gasteiger partial charge in [0, 0.05) is 35.6 Å². The molecule has 0 fully saturated rings. The Morgan fingerprint density at radius 3 is 2.67 bits per heavy atom. The lowest BCUT2D eigenvalue weighted by Gasteiger charge is -2.09. The number of pyridine rings is 2. The third-order valence-electron chi connectivity index (χ3n) is 4.04.